The molecule has 2 heterocycles. The minimum absolute atomic E-state index is 0.143. The zero-order chi connectivity index (χ0) is 41.6. The first-order valence-corrected chi connectivity index (χ1v) is 19.9. The van der Waals surface area contributed by atoms with Gasteiger partial charge in [-0.1, -0.05) is 89.9 Å². The highest BCUT2D eigenvalue weighted by Crippen LogP contribution is 2.32. The smallest absolute Gasteiger partial charge is 0.304 e. The first kappa shape index (κ1) is 42.7. The maximum atomic E-state index is 12.7. The third-order valence-electron chi connectivity index (χ3n) is 8.49. The lowest BCUT2D eigenvalue weighted by atomic mass is 9.93. The summed E-state index contributed by atoms with van der Waals surface area (Å²) < 4.78 is 0. The van der Waals surface area contributed by atoms with Gasteiger partial charge < -0.3 is 20.8 Å². The van der Waals surface area contributed by atoms with E-state index in [1.54, 1.807) is 71.4 Å². The molecule has 0 saturated heterocycles. The van der Waals surface area contributed by atoms with Crippen molar-refractivity contribution < 1.29 is 29.4 Å². The number of halogens is 2. The summed E-state index contributed by atoms with van der Waals surface area (Å²) >= 11 is 14.8. The highest BCUT2D eigenvalue weighted by atomic mass is 35.5. The van der Waals surface area contributed by atoms with Crippen molar-refractivity contribution in [3.8, 4) is 34.7 Å². The Bertz CT molecular complexity index is 2530. The Morgan fingerprint density at radius 3 is 1.66 bits per heavy atom. The number of rotatable bonds is 14. The van der Waals surface area contributed by atoms with E-state index in [2.05, 4.69) is 26.7 Å². The fraction of sp³-hybridized carbons (Fsp3) is 0.143. The Balaban J connectivity index is 0.000000221. The van der Waals surface area contributed by atoms with Gasteiger partial charge in [0.25, 0.3) is 0 Å². The van der Waals surface area contributed by atoms with Crippen LogP contribution in [0.1, 0.15) is 35.1 Å². The normalized spacial score (nSPS) is 11.4. The predicted molar refractivity (Wildman–Crippen MR) is 224 cm³/mol. The number of carboxylic acid groups (broad SMARTS) is 2. The molecule has 0 unspecified atom stereocenters. The van der Waals surface area contributed by atoms with Crippen molar-refractivity contribution in [2.24, 2.45) is 11.8 Å². The molecule has 0 bridgehead atoms. The van der Waals surface area contributed by atoms with Crippen molar-refractivity contribution in [2.45, 2.75) is 25.7 Å². The van der Waals surface area contributed by atoms with E-state index in [1.165, 1.54) is 22.7 Å². The van der Waals surface area contributed by atoms with E-state index in [-0.39, 0.29) is 25.7 Å². The van der Waals surface area contributed by atoms with Gasteiger partial charge in [0.1, 0.15) is 0 Å². The van der Waals surface area contributed by atoms with Crippen LogP contribution < -0.4 is 10.6 Å². The number of nitrogens with zero attached hydrogens (tertiary/aromatic N) is 4. The molecule has 6 rings (SSSR count). The molecule has 12 nitrogen and oxygen atoms in total. The Labute approximate surface area is 351 Å². The standard InChI is InChI=1S/2C21H16ClN3O3S/c22-17-7-2-1-6-16(17)18-12-29-21(24-18)25-20(28)15(10-19(26)27)9-13-4-3-5-14(8-13)11-23;22-17-8-4-3-7-16(17)18-12-29-21(24-18)25-20(28)15(10-19(26)27)9-13-5-1-2-6-14(13)11-23/h2*1-8,12,15H,9-10H2,(H,26,27)(H,24,25,28)/t2*15-/m11/s1. The Morgan fingerprint density at radius 2 is 1.16 bits per heavy atom. The summed E-state index contributed by atoms with van der Waals surface area (Å²) in [6.45, 7) is 0. The number of carbonyl (C=O) groups is 4. The van der Waals surface area contributed by atoms with Crippen molar-refractivity contribution in [3.63, 3.8) is 0 Å². The van der Waals surface area contributed by atoms with Crippen LogP contribution in [0.4, 0.5) is 10.3 Å². The lowest BCUT2D eigenvalue weighted by Gasteiger charge is -2.14. The molecule has 6 aromatic rings. The molecule has 0 radical (unpaired) electrons. The Kier molecular flexibility index (Phi) is 15.2. The average Bonchev–Trinajstić information content (AvgIpc) is 3.87. The number of carboxylic acids is 2. The molecular formula is C42H32Cl2N6O6S2. The minimum atomic E-state index is -1.09. The van der Waals surface area contributed by atoms with Gasteiger partial charge in [0.2, 0.25) is 11.8 Å². The molecule has 0 aliphatic carbocycles. The first-order chi connectivity index (χ1) is 27.9. The van der Waals surface area contributed by atoms with Crippen molar-refractivity contribution in [1.29, 1.82) is 10.5 Å². The zero-order valence-corrected chi connectivity index (χ0v) is 33.4. The summed E-state index contributed by atoms with van der Waals surface area (Å²) in [5, 5.41) is 47.4. The second kappa shape index (κ2) is 20.7. The number of aliphatic carboxylic acids is 2. The van der Waals surface area contributed by atoms with Crippen LogP contribution in [-0.4, -0.2) is 43.9 Å². The summed E-state index contributed by atoms with van der Waals surface area (Å²) in [5.41, 5.74) is 4.99. The van der Waals surface area contributed by atoms with E-state index in [4.69, 9.17) is 28.5 Å². The number of nitrogens with one attached hydrogen (secondary N) is 2. The van der Waals surface area contributed by atoms with Crippen molar-refractivity contribution in [3.05, 3.63) is 140 Å². The van der Waals surface area contributed by atoms with E-state index < -0.39 is 35.6 Å². The van der Waals surface area contributed by atoms with Gasteiger partial charge in [0.15, 0.2) is 10.3 Å². The van der Waals surface area contributed by atoms with E-state index >= 15 is 0 Å². The summed E-state index contributed by atoms with van der Waals surface area (Å²) in [7, 11) is 0. The monoisotopic (exact) mass is 850 g/mol. The SMILES string of the molecule is N#Cc1cccc(C[C@H](CC(=O)O)C(=O)Nc2nc(-c3ccccc3Cl)cs2)c1.N#Cc1ccccc1C[C@H](CC(=O)O)C(=O)Nc1nc(-c2ccccc2Cl)cs1. The van der Waals surface area contributed by atoms with Gasteiger partial charge in [-0.25, -0.2) is 9.97 Å². The number of carbonyl (C=O) groups excluding carboxylic acids is 2. The predicted octanol–water partition coefficient (Wildman–Crippen LogP) is 9.21. The molecule has 4 N–H and O–H groups in total. The van der Waals surface area contributed by atoms with Gasteiger partial charge in [0, 0.05) is 31.9 Å². The summed E-state index contributed by atoms with van der Waals surface area (Å²) in [4.78, 5) is 56.8. The first-order valence-electron chi connectivity index (χ1n) is 17.4. The fourth-order valence-corrected chi connectivity index (χ4v) is 7.62. The quantitative estimate of drug-likeness (QED) is 0.0817. The number of benzene rings is 4. The third kappa shape index (κ3) is 12.0. The zero-order valence-electron chi connectivity index (χ0n) is 30.3. The lowest BCUT2D eigenvalue weighted by Crippen LogP contribution is -2.27. The number of anilines is 2. The molecular weight excluding hydrogens is 820 g/mol. The molecule has 2 aromatic heterocycles. The maximum Gasteiger partial charge on any atom is 0.304 e. The van der Waals surface area contributed by atoms with Crippen LogP contribution in [0.25, 0.3) is 22.5 Å². The molecule has 0 spiro atoms. The second-order valence-corrected chi connectivity index (χ2v) is 15.1. The summed E-state index contributed by atoms with van der Waals surface area (Å²) in [6.07, 6.45) is -0.333. The molecule has 0 aliphatic rings. The van der Waals surface area contributed by atoms with Gasteiger partial charge in [-0.2, -0.15) is 10.5 Å². The van der Waals surface area contributed by atoms with E-state index in [9.17, 15) is 34.7 Å². The molecule has 0 saturated carbocycles. The number of nitriles is 2. The summed E-state index contributed by atoms with van der Waals surface area (Å²) in [5.74, 6) is -4.69. The summed E-state index contributed by atoms with van der Waals surface area (Å²) in [6, 6.07) is 32.2. The van der Waals surface area contributed by atoms with Gasteiger partial charge in [0.05, 0.1) is 59.3 Å². The van der Waals surface area contributed by atoms with Crippen LogP contribution in [0.2, 0.25) is 10.0 Å². The van der Waals surface area contributed by atoms with E-state index in [0.29, 0.717) is 48.4 Å². The van der Waals surface area contributed by atoms with Gasteiger partial charge in [-0.05, 0) is 54.3 Å². The topological polar surface area (TPSA) is 206 Å². The Hall–Kier alpha value is -6.42. The molecule has 58 heavy (non-hydrogen) atoms. The molecule has 2 amide bonds. The number of amides is 2. The van der Waals surface area contributed by atoms with Crippen LogP contribution in [0.5, 0.6) is 0 Å². The van der Waals surface area contributed by atoms with E-state index in [1.807, 2.05) is 42.5 Å². The van der Waals surface area contributed by atoms with Crippen molar-refractivity contribution in [2.75, 3.05) is 10.6 Å². The third-order valence-corrected chi connectivity index (χ3v) is 10.7. The van der Waals surface area contributed by atoms with Crippen molar-refractivity contribution in [1.82, 2.24) is 9.97 Å². The maximum absolute atomic E-state index is 12.7. The largest absolute Gasteiger partial charge is 0.481 e. The lowest BCUT2D eigenvalue weighted by molar-refractivity contribution is -0.140. The van der Waals surface area contributed by atoms with Crippen LogP contribution in [-0.2, 0) is 32.0 Å². The minimum Gasteiger partial charge on any atom is -0.481 e. The van der Waals surface area contributed by atoms with Gasteiger partial charge in [-0.3, -0.25) is 19.2 Å². The molecule has 0 aliphatic heterocycles. The number of aromatic nitrogens is 2. The van der Waals surface area contributed by atoms with E-state index in [0.717, 1.165) is 16.7 Å². The molecule has 292 valence electrons. The van der Waals surface area contributed by atoms with Crippen LogP contribution in [0.3, 0.4) is 0 Å². The fourth-order valence-electron chi connectivity index (χ4n) is 5.72. The van der Waals surface area contributed by atoms with Crippen LogP contribution in [0, 0.1) is 34.5 Å². The molecule has 4 aromatic carbocycles. The molecule has 16 heteroatoms. The highest BCUT2D eigenvalue weighted by molar-refractivity contribution is 7.14. The van der Waals surface area contributed by atoms with Crippen molar-refractivity contribution >= 4 is 79.9 Å². The average molecular weight is 852 g/mol. The second-order valence-electron chi connectivity index (χ2n) is 12.6. The molecule has 0 fully saturated rings. The van der Waals surface area contributed by atoms with Gasteiger partial charge >= 0.3 is 11.9 Å². The van der Waals surface area contributed by atoms with Crippen LogP contribution >= 0.6 is 45.9 Å². The Morgan fingerprint density at radius 1 is 0.655 bits per heavy atom. The van der Waals surface area contributed by atoms with Gasteiger partial charge in [-0.15, -0.1) is 22.7 Å². The number of thiazole rings is 2. The van der Waals surface area contributed by atoms with Crippen LogP contribution in [0.15, 0.2) is 108 Å². The number of hydrogen-bond acceptors (Lipinski definition) is 10. The number of hydrogen-bond donors (Lipinski definition) is 4. The highest BCUT2D eigenvalue weighted by Gasteiger charge is 2.25. The molecule has 2 atom stereocenters.